The molecule has 0 bridgehead atoms. The van der Waals surface area contributed by atoms with Gasteiger partial charge in [0.05, 0.1) is 20.5 Å². The van der Waals surface area contributed by atoms with Crippen molar-refractivity contribution in [3.05, 3.63) is 30.0 Å². The predicted molar refractivity (Wildman–Crippen MR) is 107 cm³/mol. The van der Waals surface area contributed by atoms with E-state index in [4.69, 9.17) is 19.3 Å². The molecule has 0 aliphatic carbocycles. The third-order valence-electron chi connectivity index (χ3n) is 4.11. The predicted octanol–water partition coefficient (Wildman–Crippen LogP) is 3.53. The minimum Gasteiger partial charge on any atom is -0.493 e. The first kappa shape index (κ1) is 23.0. The van der Waals surface area contributed by atoms with Crippen LogP contribution >= 0.6 is 0 Å². The van der Waals surface area contributed by atoms with Gasteiger partial charge in [0.15, 0.2) is 11.5 Å². The number of ether oxygens (including phenoxy) is 3. The normalized spacial score (nSPS) is 10.9. The number of aliphatic hydroxyl groups is 1. The molecule has 0 amide bonds. The van der Waals surface area contributed by atoms with E-state index in [1.54, 1.807) is 26.4 Å². The maximum Gasteiger partial charge on any atom is 0.310 e. The summed E-state index contributed by atoms with van der Waals surface area (Å²) in [5.74, 6) is 1.07. The van der Waals surface area contributed by atoms with Crippen molar-refractivity contribution in [2.24, 2.45) is 0 Å². The monoisotopic (exact) mass is 379 g/mol. The number of carbonyl (C=O) groups is 1. The van der Waals surface area contributed by atoms with E-state index >= 15 is 0 Å². The third kappa shape index (κ3) is 10.6. The Labute approximate surface area is 162 Å². The highest BCUT2D eigenvalue weighted by atomic mass is 16.5. The minimum absolute atomic E-state index is 0.219. The van der Waals surface area contributed by atoms with Crippen LogP contribution in [0.25, 0.3) is 6.08 Å². The summed E-state index contributed by atoms with van der Waals surface area (Å²) >= 11 is 0. The Morgan fingerprint density at radius 1 is 1.00 bits per heavy atom. The van der Waals surface area contributed by atoms with Crippen LogP contribution in [-0.2, 0) is 9.53 Å². The van der Waals surface area contributed by atoms with E-state index in [2.05, 4.69) is 5.32 Å². The van der Waals surface area contributed by atoms with E-state index in [1.807, 2.05) is 12.1 Å². The molecule has 6 nitrogen and oxygen atoms in total. The number of benzene rings is 1. The number of hydrogen-bond acceptors (Lipinski definition) is 6. The van der Waals surface area contributed by atoms with Gasteiger partial charge in [-0.25, -0.2) is 0 Å². The molecule has 0 saturated carbocycles. The van der Waals surface area contributed by atoms with Crippen LogP contribution in [0.2, 0.25) is 0 Å². The molecule has 0 aromatic heterocycles. The minimum atomic E-state index is -0.219. The van der Waals surface area contributed by atoms with E-state index in [0.717, 1.165) is 57.2 Å². The number of hydrogen-bond donors (Lipinski definition) is 2. The Hall–Kier alpha value is -2.05. The van der Waals surface area contributed by atoms with Crippen molar-refractivity contribution in [2.45, 2.75) is 44.9 Å². The van der Waals surface area contributed by atoms with Crippen LogP contribution in [0.4, 0.5) is 0 Å². The number of rotatable bonds is 15. The van der Waals surface area contributed by atoms with Crippen molar-refractivity contribution in [2.75, 3.05) is 33.9 Å². The van der Waals surface area contributed by atoms with Crippen molar-refractivity contribution >= 4 is 12.0 Å². The van der Waals surface area contributed by atoms with Crippen molar-refractivity contribution in [1.29, 1.82) is 0 Å². The zero-order valence-electron chi connectivity index (χ0n) is 16.5. The Morgan fingerprint density at radius 3 is 2.37 bits per heavy atom. The number of methoxy groups -OCH3 is 2. The Kier molecular flexibility index (Phi) is 12.8. The summed E-state index contributed by atoms with van der Waals surface area (Å²) in [6.07, 6.45) is 9.47. The summed E-state index contributed by atoms with van der Waals surface area (Å²) in [6.45, 7) is 2.23. The highest BCUT2D eigenvalue weighted by Crippen LogP contribution is 2.27. The van der Waals surface area contributed by atoms with Gasteiger partial charge in [0.2, 0.25) is 0 Å². The van der Waals surface area contributed by atoms with Gasteiger partial charge < -0.3 is 24.6 Å². The topological polar surface area (TPSA) is 77.0 Å². The van der Waals surface area contributed by atoms with E-state index in [1.165, 1.54) is 6.26 Å². The molecule has 0 aliphatic heterocycles. The maximum atomic E-state index is 11.7. The summed E-state index contributed by atoms with van der Waals surface area (Å²) in [5, 5.41) is 12.1. The molecule has 0 heterocycles. The van der Waals surface area contributed by atoms with Crippen LogP contribution in [0.1, 0.15) is 50.5 Å². The van der Waals surface area contributed by atoms with E-state index in [9.17, 15) is 4.79 Å². The Morgan fingerprint density at radius 2 is 1.70 bits per heavy atom. The number of aliphatic hydroxyl groups excluding tert-OH is 1. The average molecular weight is 379 g/mol. The highest BCUT2D eigenvalue weighted by Gasteiger charge is 2.03. The number of nitrogens with one attached hydrogen (secondary N) is 1. The van der Waals surface area contributed by atoms with Gasteiger partial charge in [-0.15, -0.1) is 0 Å². The van der Waals surface area contributed by atoms with Crippen LogP contribution in [0.15, 0.2) is 24.5 Å². The zero-order valence-corrected chi connectivity index (χ0v) is 16.5. The molecule has 0 spiro atoms. The molecule has 27 heavy (non-hydrogen) atoms. The van der Waals surface area contributed by atoms with Crippen LogP contribution < -0.4 is 14.8 Å². The summed E-state index contributed by atoms with van der Waals surface area (Å²) in [7, 11) is 3.17. The number of unbranched alkanes of at least 4 members (excludes halogenated alkanes) is 4. The zero-order chi connectivity index (χ0) is 19.7. The summed E-state index contributed by atoms with van der Waals surface area (Å²) < 4.78 is 15.6. The Balaban J connectivity index is 2.11. The molecular weight excluding hydrogens is 346 g/mol. The molecule has 2 N–H and O–H groups in total. The second-order valence-corrected chi connectivity index (χ2v) is 6.25. The van der Waals surface area contributed by atoms with Gasteiger partial charge in [-0.2, -0.15) is 0 Å². The van der Waals surface area contributed by atoms with Gasteiger partial charge in [-0.05, 0) is 69.0 Å². The fraction of sp³-hybridized carbons (Fsp3) is 0.571. The average Bonchev–Trinajstić information content (AvgIpc) is 2.69. The molecule has 0 radical (unpaired) electrons. The lowest BCUT2D eigenvalue weighted by Crippen LogP contribution is -2.16. The third-order valence-corrected chi connectivity index (χ3v) is 4.11. The lowest BCUT2D eigenvalue weighted by molar-refractivity contribution is -0.138. The summed E-state index contributed by atoms with van der Waals surface area (Å²) in [6, 6.07) is 5.49. The molecule has 1 aromatic rings. The first-order valence-electron chi connectivity index (χ1n) is 9.61. The number of esters is 1. The molecule has 0 saturated heterocycles. The lowest BCUT2D eigenvalue weighted by atomic mass is 10.2. The first-order valence-corrected chi connectivity index (χ1v) is 9.61. The highest BCUT2D eigenvalue weighted by molar-refractivity contribution is 5.70. The molecule has 0 fully saturated rings. The molecule has 0 aliphatic rings. The van der Waals surface area contributed by atoms with Crippen LogP contribution in [0.3, 0.4) is 0 Å². The van der Waals surface area contributed by atoms with E-state index < -0.39 is 0 Å². The van der Waals surface area contributed by atoms with Gasteiger partial charge in [-0.1, -0.05) is 12.5 Å². The molecule has 0 atom stereocenters. The molecule has 0 unspecified atom stereocenters. The molecule has 1 aromatic carbocycles. The molecule has 1 rings (SSSR count). The first-order chi connectivity index (χ1) is 13.2. The number of carbonyl (C=O) groups excluding carboxylic acids is 1. The fourth-order valence-corrected chi connectivity index (χ4v) is 2.56. The lowest BCUT2D eigenvalue weighted by Gasteiger charge is -2.07. The van der Waals surface area contributed by atoms with E-state index in [-0.39, 0.29) is 12.6 Å². The molecule has 6 heteroatoms. The van der Waals surface area contributed by atoms with Gasteiger partial charge >= 0.3 is 5.97 Å². The fourth-order valence-electron chi connectivity index (χ4n) is 2.56. The van der Waals surface area contributed by atoms with E-state index in [0.29, 0.717) is 17.9 Å². The Bertz CT molecular complexity index is 560. The van der Waals surface area contributed by atoms with Crippen molar-refractivity contribution < 1.29 is 24.1 Å². The van der Waals surface area contributed by atoms with Gasteiger partial charge in [0.25, 0.3) is 0 Å². The second kappa shape index (κ2) is 15.1. The molecular formula is C21H33NO5. The SMILES string of the molecule is COc1ccc(/C=C/OC(=O)CCCCCNCCCCCO)cc1OC. The van der Waals surface area contributed by atoms with Gasteiger partial charge in [-0.3, -0.25) is 4.79 Å². The summed E-state index contributed by atoms with van der Waals surface area (Å²) in [5.41, 5.74) is 0.866. The second-order valence-electron chi connectivity index (χ2n) is 6.25. The smallest absolute Gasteiger partial charge is 0.310 e. The van der Waals surface area contributed by atoms with Crippen molar-refractivity contribution in [3.63, 3.8) is 0 Å². The van der Waals surface area contributed by atoms with Crippen LogP contribution in [0, 0.1) is 0 Å². The van der Waals surface area contributed by atoms with Crippen molar-refractivity contribution in [1.82, 2.24) is 5.32 Å². The van der Waals surface area contributed by atoms with Gasteiger partial charge in [0, 0.05) is 13.0 Å². The summed E-state index contributed by atoms with van der Waals surface area (Å²) in [4.78, 5) is 11.7. The van der Waals surface area contributed by atoms with Crippen LogP contribution in [-0.4, -0.2) is 45.0 Å². The van der Waals surface area contributed by atoms with Crippen LogP contribution in [0.5, 0.6) is 11.5 Å². The standard InChI is InChI=1S/C21H33NO5/c1-25-19-11-10-18(17-20(19)26-2)12-16-27-21(24)9-5-3-6-13-22-14-7-4-8-15-23/h10-12,16-17,22-23H,3-9,13-15H2,1-2H3/b16-12+. The quantitative estimate of drug-likeness (QED) is 0.276. The maximum absolute atomic E-state index is 11.7. The molecule has 152 valence electrons. The van der Waals surface area contributed by atoms with Crippen molar-refractivity contribution in [3.8, 4) is 11.5 Å². The largest absolute Gasteiger partial charge is 0.493 e. The van der Waals surface area contributed by atoms with Gasteiger partial charge in [0.1, 0.15) is 0 Å².